The lowest BCUT2D eigenvalue weighted by Crippen LogP contribution is -2.34. The van der Waals surface area contributed by atoms with Crippen molar-refractivity contribution in [3.8, 4) is 0 Å². The standard InChI is InChI=1S/C14H24ClN3O2S/c1-4-8-16-9-5-10-18(3)21(19,20)17-14-11-13(15)7-6-12(14)2/h6-7,11,16-17H,4-5,8-10H2,1-3H3. The largest absolute Gasteiger partial charge is 0.317 e. The van der Waals surface area contributed by atoms with Gasteiger partial charge in [0.15, 0.2) is 0 Å². The predicted octanol–water partition coefficient (Wildman–Crippen LogP) is 2.63. The van der Waals surface area contributed by atoms with Crippen LogP contribution in [0.3, 0.4) is 0 Å². The summed E-state index contributed by atoms with van der Waals surface area (Å²) >= 11 is 5.90. The Balaban J connectivity index is 2.57. The quantitative estimate of drug-likeness (QED) is 0.683. The third-order valence-electron chi connectivity index (χ3n) is 3.10. The maximum absolute atomic E-state index is 12.2. The van der Waals surface area contributed by atoms with E-state index in [1.54, 1.807) is 25.2 Å². The molecule has 120 valence electrons. The van der Waals surface area contributed by atoms with Crippen molar-refractivity contribution in [2.75, 3.05) is 31.4 Å². The van der Waals surface area contributed by atoms with Crippen molar-refractivity contribution < 1.29 is 8.42 Å². The van der Waals surface area contributed by atoms with Gasteiger partial charge in [-0.15, -0.1) is 0 Å². The highest BCUT2D eigenvalue weighted by atomic mass is 35.5. The van der Waals surface area contributed by atoms with Crippen LogP contribution in [0.5, 0.6) is 0 Å². The average molecular weight is 334 g/mol. The zero-order valence-corrected chi connectivity index (χ0v) is 14.4. The third-order valence-corrected chi connectivity index (χ3v) is 4.82. The van der Waals surface area contributed by atoms with E-state index < -0.39 is 10.2 Å². The zero-order chi connectivity index (χ0) is 15.9. The van der Waals surface area contributed by atoms with E-state index in [-0.39, 0.29) is 0 Å². The summed E-state index contributed by atoms with van der Waals surface area (Å²) < 4.78 is 28.4. The van der Waals surface area contributed by atoms with Crippen molar-refractivity contribution in [1.82, 2.24) is 9.62 Å². The molecule has 0 heterocycles. The van der Waals surface area contributed by atoms with Gasteiger partial charge in [0.05, 0.1) is 5.69 Å². The van der Waals surface area contributed by atoms with E-state index in [0.29, 0.717) is 17.3 Å². The summed E-state index contributed by atoms with van der Waals surface area (Å²) in [5.74, 6) is 0. The summed E-state index contributed by atoms with van der Waals surface area (Å²) in [6, 6.07) is 5.14. The predicted molar refractivity (Wildman–Crippen MR) is 89.1 cm³/mol. The molecule has 0 aliphatic carbocycles. The third kappa shape index (κ3) is 6.22. The number of aryl methyl sites for hydroxylation is 1. The highest BCUT2D eigenvalue weighted by Crippen LogP contribution is 2.21. The van der Waals surface area contributed by atoms with Crippen molar-refractivity contribution in [1.29, 1.82) is 0 Å². The van der Waals surface area contributed by atoms with Crippen LogP contribution in [0.4, 0.5) is 5.69 Å². The minimum atomic E-state index is -3.55. The monoisotopic (exact) mass is 333 g/mol. The molecule has 2 N–H and O–H groups in total. The first-order valence-corrected chi connectivity index (χ1v) is 8.89. The van der Waals surface area contributed by atoms with Crippen molar-refractivity contribution in [3.63, 3.8) is 0 Å². The maximum Gasteiger partial charge on any atom is 0.301 e. The summed E-state index contributed by atoms with van der Waals surface area (Å²) in [5.41, 5.74) is 1.35. The van der Waals surface area contributed by atoms with E-state index in [1.807, 2.05) is 6.92 Å². The van der Waals surface area contributed by atoms with Gasteiger partial charge in [0.25, 0.3) is 0 Å². The Morgan fingerprint density at radius 1 is 1.29 bits per heavy atom. The van der Waals surface area contributed by atoms with Gasteiger partial charge in [-0.2, -0.15) is 12.7 Å². The molecule has 0 aliphatic heterocycles. The van der Waals surface area contributed by atoms with Gasteiger partial charge in [0, 0.05) is 18.6 Å². The van der Waals surface area contributed by atoms with E-state index in [4.69, 9.17) is 11.6 Å². The van der Waals surface area contributed by atoms with Crippen LogP contribution in [-0.2, 0) is 10.2 Å². The minimum absolute atomic E-state index is 0.464. The molecule has 7 heteroatoms. The lowest BCUT2D eigenvalue weighted by molar-refractivity contribution is 0.458. The molecule has 0 fully saturated rings. The van der Waals surface area contributed by atoms with Crippen molar-refractivity contribution >= 4 is 27.5 Å². The van der Waals surface area contributed by atoms with Gasteiger partial charge in [-0.3, -0.25) is 4.72 Å². The number of nitrogens with one attached hydrogen (secondary N) is 2. The fourth-order valence-corrected chi connectivity index (χ4v) is 2.96. The second-order valence-electron chi connectivity index (χ2n) is 4.99. The van der Waals surface area contributed by atoms with Gasteiger partial charge in [0.2, 0.25) is 0 Å². The van der Waals surface area contributed by atoms with E-state index in [1.165, 1.54) is 4.31 Å². The van der Waals surface area contributed by atoms with Crippen LogP contribution in [0.1, 0.15) is 25.3 Å². The fourth-order valence-electron chi connectivity index (χ4n) is 1.77. The van der Waals surface area contributed by atoms with E-state index in [0.717, 1.165) is 31.5 Å². The molecule has 0 bridgehead atoms. The number of benzene rings is 1. The Bertz CT molecular complexity index is 549. The Hall–Kier alpha value is -0.820. The first-order chi connectivity index (χ1) is 9.86. The van der Waals surface area contributed by atoms with E-state index in [9.17, 15) is 8.42 Å². The highest BCUT2D eigenvalue weighted by molar-refractivity contribution is 7.90. The molecule has 0 aliphatic rings. The molecule has 0 amide bonds. The van der Waals surface area contributed by atoms with Gasteiger partial charge in [-0.25, -0.2) is 0 Å². The molecule has 0 spiro atoms. The van der Waals surface area contributed by atoms with Crippen molar-refractivity contribution in [2.45, 2.75) is 26.7 Å². The average Bonchev–Trinajstić information content (AvgIpc) is 2.42. The number of anilines is 1. The van der Waals surface area contributed by atoms with Crippen LogP contribution < -0.4 is 10.0 Å². The Labute approximate surface area is 132 Å². The highest BCUT2D eigenvalue weighted by Gasteiger charge is 2.18. The molecule has 1 rings (SSSR count). The second-order valence-corrected chi connectivity index (χ2v) is 7.21. The smallest absolute Gasteiger partial charge is 0.301 e. The Kier molecular flexibility index (Phi) is 7.45. The molecular weight excluding hydrogens is 310 g/mol. The number of hydrogen-bond acceptors (Lipinski definition) is 3. The first-order valence-electron chi connectivity index (χ1n) is 7.07. The van der Waals surface area contributed by atoms with E-state index >= 15 is 0 Å². The molecule has 1 aromatic carbocycles. The van der Waals surface area contributed by atoms with Crippen LogP contribution in [0.25, 0.3) is 0 Å². The van der Waals surface area contributed by atoms with Gasteiger partial charge >= 0.3 is 10.2 Å². The number of hydrogen-bond donors (Lipinski definition) is 2. The summed E-state index contributed by atoms with van der Waals surface area (Å²) in [7, 11) is -1.98. The first kappa shape index (κ1) is 18.2. The molecule has 0 unspecified atom stereocenters. The zero-order valence-electron chi connectivity index (χ0n) is 12.8. The molecule has 1 aromatic rings. The fraction of sp³-hybridized carbons (Fsp3) is 0.571. The molecule has 0 saturated heterocycles. The molecule has 21 heavy (non-hydrogen) atoms. The van der Waals surface area contributed by atoms with Crippen LogP contribution in [0.2, 0.25) is 5.02 Å². The van der Waals surface area contributed by atoms with Gasteiger partial charge in [-0.05, 0) is 50.6 Å². The topological polar surface area (TPSA) is 61.4 Å². The molecular formula is C14H24ClN3O2S. The summed E-state index contributed by atoms with van der Waals surface area (Å²) in [6.07, 6.45) is 1.84. The van der Waals surface area contributed by atoms with Crippen LogP contribution in [0, 0.1) is 6.92 Å². The van der Waals surface area contributed by atoms with Crippen LogP contribution in [-0.4, -0.2) is 39.4 Å². The lowest BCUT2D eigenvalue weighted by Gasteiger charge is -2.19. The molecule has 0 radical (unpaired) electrons. The Morgan fingerprint density at radius 3 is 2.67 bits per heavy atom. The Morgan fingerprint density at radius 2 is 2.00 bits per heavy atom. The molecule has 0 aromatic heterocycles. The van der Waals surface area contributed by atoms with Crippen LogP contribution in [0.15, 0.2) is 18.2 Å². The number of rotatable bonds is 9. The minimum Gasteiger partial charge on any atom is -0.317 e. The normalized spacial score (nSPS) is 11.9. The van der Waals surface area contributed by atoms with Crippen molar-refractivity contribution in [2.24, 2.45) is 0 Å². The molecule has 0 saturated carbocycles. The molecule has 5 nitrogen and oxygen atoms in total. The van der Waals surface area contributed by atoms with E-state index in [2.05, 4.69) is 17.0 Å². The van der Waals surface area contributed by atoms with Gasteiger partial charge in [-0.1, -0.05) is 24.6 Å². The van der Waals surface area contributed by atoms with Gasteiger partial charge in [0.1, 0.15) is 0 Å². The molecule has 0 atom stereocenters. The summed E-state index contributed by atoms with van der Waals surface area (Å²) in [4.78, 5) is 0. The lowest BCUT2D eigenvalue weighted by atomic mass is 10.2. The van der Waals surface area contributed by atoms with Crippen LogP contribution >= 0.6 is 11.6 Å². The number of halogens is 1. The summed E-state index contributed by atoms with van der Waals surface area (Å²) in [6.45, 7) is 6.16. The van der Waals surface area contributed by atoms with Gasteiger partial charge < -0.3 is 5.32 Å². The number of nitrogens with zero attached hydrogens (tertiary/aromatic N) is 1. The SMILES string of the molecule is CCCNCCCN(C)S(=O)(=O)Nc1cc(Cl)ccc1C. The van der Waals surface area contributed by atoms with Crippen molar-refractivity contribution in [3.05, 3.63) is 28.8 Å². The second kappa shape index (κ2) is 8.58. The maximum atomic E-state index is 12.2. The summed E-state index contributed by atoms with van der Waals surface area (Å²) in [5, 5.41) is 3.75.